The average molecular weight is 314 g/mol. The third-order valence-corrected chi connectivity index (χ3v) is 3.85. The van der Waals surface area contributed by atoms with Crippen LogP contribution in [-0.4, -0.2) is 22.2 Å². The molecular formula is C13H16BrNO3. The molecule has 0 saturated carbocycles. The molecule has 0 aliphatic carbocycles. The van der Waals surface area contributed by atoms with Crippen molar-refractivity contribution in [1.29, 1.82) is 0 Å². The van der Waals surface area contributed by atoms with Crippen LogP contribution >= 0.6 is 15.9 Å². The average Bonchev–Trinajstić information content (AvgIpc) is 2.33. The summed E-state index contributed by atoms with van der Waals surface area (Å²) >= 11 is 3.32. The highest BCUT2D eigenvalue weighted by molar-refractivity contribution is 9.18. The molecule has 0 unspecified atom stereocenters. The molecule has 1 aliphatic rings. The predicted molar refractivity (Wildman–Crippen MR) is 73.1 cm³/mol. The molecule has 1 aromatic rings. The highest BCUT2D eigenvalue weighted by Crippen LogP contribution is 2.35. The smallest absolute Gasteiger partial charge is 0.293 e. The topological polar surface area (TPSA) is 44.5 Å². The lowest BCUT2D eigenvalue weighted by Gasteiger charge is -2.34. The molecule has 5 heteroatoms. The van der Waals surface area contributed by atoms with Gasteiger partial charge >= 0.3 is 0 Å². The van der Waals surface area contributed by atoms with Crippen molar-refractivity contribution in [3.63, 3.8) is 0 Å². The van der Waals surface area contributed by atoms with Gasteiger partial charge in [0.1, 0.15) is 5.75 Å². The van der Waals surface area contributed by atoms with Gasteiger partial charge in [-0.2, -0.15) is 0 Å². The van der Waals surface area contributed by atoms with Gasteiger partial charge in [0.2, 0.25) is 0 Å². The number of rotatable bonds is 2. The Kier molecular flexibility index (Phi) is 3.52. The van der Waals surface area contributed by atoms with Crippen molar-refractivity contribution in [3.05, 3.63) is 35.0 Å². The van der Waals surface area contributed by atoms with Crippen molar-refractivity contribution in [2.24, 2.45) is 0 Å². The Hall–Kier alpha value is -1.23. The SMILES string of the molecule is COc1ccc([C@H]2CC(C)(C)O[N+]([O-])=C2Br)cc1. The first-order valence-electron chi connectivity index (χ1n) is 5.75. The zero-order valence-electron chi connectivity index (χ0n) is 10.6. The summed E-state index contributed by atoms with van der Waals surface area (Å²) in [6.07, 6.45) is 0.749. The third kappa shape index (κ3) is 2.61. The Morgan fingerprint density at radius 1 is 1.39 bits per heavy atom. The summed E-state index contributed by atoms with van der Waals surface area (Å²) in [6, 6.07) is 7.74. The van der Waals surface area contributed by atoms with Crippen LogP contribution in [0.3, 0.4) is 0 Å². The van der Waals surface area contributed by atoms with Crippen LogP contribution in [0.1, 0.15) is 31.7 Å². The molecule has 0 bridgehead atoms. The fourth-order valence-corrected chi connectivity index (χ4v) is 2.60. The third-order valence-electron chi connectivity index (χ3n) is 3.01. The van der Waals surface area contributed by atoms with E-state index in [9.17, 15) is 5.21 Å². The van der Waals surface area contributed by atoms with E-state index in [4.69, 9.17) is 9.57 Å². The lowest BCUT2D eigenvalue weighted by molar-refractivity contribution is -0.768. The minimum atomic E-state index is -0.469. The van der Waals surface area contributed by atoms with Crippen LogP contribution in [-0.2, 0) is 4.84 Å². The van der Waals surface area contributed by atoms with Crippen LogP contribution in [0.5, 0.6) is 5.75 Å². The van der Waals surface area contributed by atoms with Crippen LogP contribution in [0.4, 0.5) is 0 Å². The van der Waals surface area contributed by atoms with Gasteiger partial charge in [0.05, 0.1) is 18.6 Å². The van der Waals surface area contributed by atoms with Gasteiger partial charge in [0.15, 0.2) is 0 Å². The number of methoxy groups -OCH3 is 1. The Morgan fingerprint density at radius 3 is 2.56 bits per heavy atom. The Bertz CT molecular complexity index is 468. The van der Waals surface area contributed by atoms with Crippen LogP contribution < -0.4 is 4.74 Å². The quantitative estimate of drug-likeness (QED) is 0.788. The van der Waals surface area contributed by atoms with E-state index in [-0.39, 0.29) is 5.92 Å². The standard InChI is InChI=1S/C13H16BrNO3/c1-13(2)8-11(12(14)15(16)18-13)9-4-6-10(17-3)7-5-9/h4-7,11H,8H2,1-3H3/t11-/m1/s1. The molecule has 18 heavy (non-hydrogen) atoms. The molecule has 0 N–H and O–H groups in total. The highest BCUT2D eigenvalue weighted by Gasteiger charge is 2.37. The number of nitrogens with zero attached hydrogens (tertiary/aromatic N) is 1. The van der Waals surface area contributed by atoms with Crippen molar-refractivity contribution in [2.45, 2.75) is 31.8 Å². The molecular weight excluding hydrogens is 298 g/mol. The number of benzene rings is 1. The fraction of sp³-hybridized carbons (Fsp3) is 0.462. The van der Waals surface area contributed by atoms with Crippen molar-refractivity contribution >= 4 is 20.6 Å². The molecule has 1 aromatic carbocycles. The number of hydrogen-bond donors (Lipinski definition) is 0. The van der Waals surface area contributed by atoms with Crippen LogP contribution in [0, 0.1) is 5.21 Å². The van der Waals surface area contributed by atoms with Crippen molar-refractivity contribution in [1.82, 2.24) is 0 Å². The van der Waals surface area contributed by atoms with Gasteiger partial charge in [-0.3, -0.25) is 5.21 Å². The molecule has 4 nitrogen and oxygen atoms in total. The van der Waals surface area contributed by atoms with Gasteiger partial charge in [0, 0.05) is 20.8 Å². The summed E-state index contributed by atoms with van der Waals surface area (Å²) in [6.45, 7) is 3.82. The Morgan fingerprint density at radius 2 is 2.00 bits per heavy atom. The van der Waals surface area contributed by atoms with Gasteiger partial charge in [-0.05, 0) is 38.0 Å². The van der Waals surface area contributed by atoms with Crippen LogP contribution in [0.2, 0.25) is 0 Å². The molecule has 2 rings (SSSR count). The largest absolute Gasteiger partial charge is 0.497 e. The highest BCUT2D eigenvalue weighted by atomic mass is 79.9. The van der Waals surface area contributed by atoms with Gasteiger partial charge in [-0.1, -0.05) is 12.1 Å². The zero-order valence-corrected chi connectivity index (χ0v) is 12.2. The fourth-order valence-electron chi connectivity index (χ4n) is 2.10. The zero-order chi connectivity index (χ0) is 13.3. The van der Waals surface area contributed by atoms with E-state index in [1.807, 2.05) is 38.1 Å². The molecule has 0 aromatic heterocycles. The van der Waals surface area contributed by atoms with Gasteiger partial charge in [-0.15, -0.1) is 0 Å². The molecule has 0 amide bonds. The first kappa shape index (κ1) is 13.2. The van der Waals surface area contributed by atoms with E-state index in [0.29, 0.717) is 9.52 Å². The van der Waals surface area contributed by atoms with E-state index in [1.54, 1.807) is 7.11 Å². The first-order valence-corrected chi connectivity index (χ1v) is 6.55. The van der Waals surface area contributed by atoms with Gasteiger partial charge in [0.25, 0.3) is 4.62 Å². The summed E-state index contributed by atoms with van der Waals surface area (Å²) in [5.41, 5.74) is 0.601. The van der Waals surface area contributed by atoms with Gasteiger partial charge in [-0.25, -0.2) is 0 Å². The maximum absolute atomic E-state index is 11.7. The molecule has 0 fully saturated rings. The lowest BCUT2D eigenvalue weighted by Crippen LogP contribution is -2.39. The number of halogens is 1. The summed E-state index contributed by atoms with van der Waals surface area (Å²) in [7, 11) is 1.63. The number of hydrogen-bond acceptors (Lipinski definition) is 3. The molecule has 0 saturated heterocycles. The Balaban J connectivity index is 2.33. The van der Waals surface area contributed by atoms with Crippen molar-refractivity contribution in [2.75, 3.05) is 7.11 Å². The van der Waals surface area contributed by atoms with Crippen molar-refractivity contribution in [3.8, 4) is 5.75 Å². The van der Waals surface area contributed by atoms with E-state index < -0.39 is 5.60 Å². The minimum Gasteiger partial charge on any atom is -0.497 e. The Labute approximate surface area is 115 Å². The van der Waals surface area contributed by atoms with E-state index in [2.05, 4.69) is 15.9 Å². The molecule has 0 radical (unpaired) electrons. The van der Waals surface area contributed by atoms with E-state index in [0.717, 1.165) is 17.7 Å². The van der Waals surface area contributed by atoms with E-state index in [1.165, 1.54) is 0 Å². The minimum absolute atomic E-state index is 0.0113. The molecule has 1 aliphatic heterocycles. The maximum Gasteiger partial charge on any atom is 0.293 e. The van der Waals surface area contributed by atoms with Crippen LogP contribution in [0.15, 0.2) is 24.3 Å². The normalized spacial score (nSPS) is 22.6. The second-order valence-electron chi connectivity index (χ2n) is 4.96. The maximum atomic E-state index is 11.7. The summed E-state index contributed by atoms with van der Waals surface area (Å²) in [5, 5.41) is 11.7. The monoisotopic (exact) mass is 313 g/mol. The molecule has 98 valence electrons. The second kappa shape index (κ2) is 4.80. The predicted octanol–water partition coefficient (Wildman–Crippen LogP) is 3.20. The first-order chi connectivity index (χ1) is 8.43. The number of ether oxygens (including phenoxy) is 1. The molecule has 0 spiro atoms. The molecule has 1 atom stereocenters. The van der Waals surface area contributed by atoms with Gasteiger partial charge < -0.3 is 9.57 Å². The van der Waals surface area contributed by atoms with E-state index >= 15 is 0 Å². The van der Waals surface area contributed by atoms with Crippen molar-refractivity contribution < 1.29 is 14.5 Å². The summed E-state index contributed by atoms with van der Waals surface area (Å²) in [4.78, 5) is 5.82. The summed E-state index contributed by atoms with van der Waals surface area (Å²) < 4.78 is 5.64. The second-order valence-corrected chi connectivity index (χ2v) is 5.77. The lowest BCUT2D eigenvalue weighted by atomic mass is 9.88. The molecule has 1 heterocycles. The van der Waals surface area contributed by atoms with Crippen LogP contribution in [0.25, 0.3) is 0 Å². The summed E-state index contributed by atoms with van der Waals surface area (Å²) in [5.74, 6) is 0.817.